The average Bonchev–Trinajstić information content (AvgIpc) is 2.28. The first-order chi connectivity index (χ1) is 8.40. The van der Waals surface area contributed by atoms with Crippen molar-refractivity contribution >= 4 is 12.2 Å². The maximum absolute atomic E-state index is 10.5. The highest BCUT2D eigenvalue weighted by Gasteiger charge is 2.17. The van der Waals surface area contributed by atoms with Crippen LogP contribution in [0.25, 0.3) is 0 Å². The van der Waals surface area contributed by atoms with E-state index in [1.54, 1.807) is 6.07 Å². The summed E-state index contributed by atoms with van der Waals surface area (Å²) in [5, 5.41) is 8.05. The van der Waals surface area contributed by atoms with E-state index < -0.39 is 0 Å². The second kappa shape index (κ2) is 5.80. The van der Waals surface area contributed by atoms with Gasteiger partial charge in [0.1, 0.15) is 5.75 Å². The minimum absolute atomic E-state index is 0.0148. The van der Waals surface area contributed by atoms with Crippen LogP contribution in [0.5, 0.6) is 5.75 Å². The van der Waals surface area contributed by atoms with Crippen LogP contribution in [0.15, 0.2) is 18.2 Å². The molecule has 3 heteroatoms. The molecule has 0 fully saturated rings. The largest absolute Gasteiger partial charge is 0.428 e. The number of ether oxygens (including phenoxy) is 1. The summed E-state index contributed by atoms with van der Waals surface area (Å²) in [7, 11) is 0. The fourth-order valence-electron chi connectivity index (χ4n) is 1.77. The van der Waals surface area contributed by atoms with Crippen LogP contribution >= 0.6 is 0 Å². The molecule has 1 aromatic carbocycles. The van der Waals surface area contributed by atoms with Crippen LogP contribution in [0.3, 0.4) is 0 Å². The molecule has 18 heavy (non-hydrogen) atoms. The van der Waals surface area contributed by atoms with Crippen molar-refractivity contribution in [2.45, 2.75) is 46.0 Å². The Hall–Kier alpha value is -1.64. The van der Waals surface area contributed by atoms with Gasteiger partial charge in [-0.15, -0.1) is 0 Å². The van der Waals surface area contributed by atoms with E-state index in [1.807, 2.05) is 19.1 Å². The number of rotatable bonds is 5. The number of carbonyl (C=O) groups excluding carboxylic acids is 1. The molecule has 0 spiro atoms. The molecular formula is C15H21NO2. The minimum Gasteiger partial charge on any atom is -0.428 e. The van der Waals surface area contributed by atoms with Crippen LogP contribution in [0.1, 0.15) is 51.7 Å². The van der Waals surface area contributed by atoms with Gasteiger partial charge in [-0.3, -0.25) is 4.79 Å². The summed E-state index contributed by atoms with van der Waals surface area (Å²) in [5.74, 6) is 0.469. The van der Waals surface area contributed by atoms with Gasteiger partial charge >= 0.3 is 0 Å². The zero-order valence-corrected chi connectivity index (χ0v) is 11.5. The van der Waals surface area contributed by atoms with Crippen LogP contribution in [0, 0.1) is 5.41 Å². The molecule has 1 N–H and O–H groups in total. The fourth-order valence-corrected chi connectivity index (χ4v) is 1.77. The summed E-state index contributed by atoms with van der Waals surface area (Å²) < 4.78 is 4.95. The Morgan fingerprint density at radius 3 is 2.56 bits per heavy atom. The molecule has 0 radical (unpaired) electrons. The number of hydrogen-bond donors (Lipinski definition) is 1. The Balaban J connectivity index is 3.23. The molecule has 0 aromatic heterocycles. The fraction of sp³-hybridized carbons (Fsp3) is 0.467. The molecule has 0 atom stereocenters. The highest BCUT2D eigenvalue weighted by molar-refractivity contribution is 6.01. The summed E-state index contributed by atoms with van der Waals surface area (Å²) in [5.41, 5.74) is 2.38. The standard InChI is InChI=1S/C15H21NO2/c1-5-6-13(16)12-9-11(15(2,3)4)7-8-14(12)18-10-17/h7-10,16H,5-6H2,1-4H3. The first-order valence-corrected chi connectivity index (χ1v) is 6.22. The highest BCUT2D eigenvalue weighted by atomic mass is 16.5. The van der Waals surface area contributed by atoms with Gasteiger partial charge in [0.2, 0.25) is 0 Å². The minimum atomic E-state index is 0.0148. The van der Waals surface area contributed by atoms with Crippen molar-refractivity contribution in [3.63, 3.8) is 0 Å². The zero-order chi connectivity index (χ0) is 13.8. The third kappa shape index (κ3) is 3.42. The quantitative estimate of drug-likeness (QED) is 0.637. The molecule has 0 amide bonds. The van der Waals surface area contributed by atoms with Gasteiger partial charge in [-0.25, -0.2) is 0 Å². The molecule has 0 bridgehead atoms. The van der Waals surface area contributed by atoms with Crippen molar-refractivity contribution in [2.24, 2.45) is 0 Å². The highest BCUT2D eigenvalue weighted by Crippen LogP contribution is 2.28. The first-order valence-electron chi connectivity index (χ1n) is 6.22. The summed E-state index contributed by atoms with van der Waals surface area (Å²) in [6, 6.07) is 5.67. The maximum atomic E-state index is 10.5. The lowest BCUT2D eigenvalue weighted by Crippen LogP contribution is -2.13. The number of benzene rings is 1. The molecule has 0 aliphatic carbocycles. The van der Waals surface area contributed by atoms with E-state index in [4.69, 9.17) is 10.1 Å². The molecule has 0 saturated carbocycles. The van der Waals surface area contributed by atoms with Gasteiger partial charge in [0.15, 0.2) is 0 Å². The van der Waals surface area contributed by atoms with Crippen molar-refractivity contribution in [1.29, 1.82) is 5.41 Å². The molecule has 0 aliphatic rings. The predicted molar refractivity (Wildman–Crippen MR) is 73.6 cm³/mol. The molecule has 98 valence electrons. The predicted octanol–water partition coefficient (Wildman–Crippen LogP) is 3.69. The summed E-state index contributed by atoms with van der Waals surface area (Å²) in [6.45, 7) is 8.80. The third-order valence-electron chi connectivity index (χ3n) is 2.85. The van der Waals surface area contributed by atoms with Crippen molar-refractivity contribution in [3.05, 3.63) is 29.3 Å². The number of carbonyl (C=O) groups is 1. The van der Waals surface area contributed by atoms with E-state index in [2.05, 4.69) is 20.8 Å². The summed E-state index contributed by atoms with van der Waals surface area (Å²) in [4.78, 5) is 10.5. The van der Waals surface area contributed by atoms with E-state index >= 15 is 0 Å². The molecule has 1 aromatic rings. The lowest BCUT2D eigenvalue weighted by atomic mass is 9.85. The molecule has 3 nitrogen and oxygen atoms in total. The van der Waals surface area contributed by atoms with E-state index in [9.17, 15) is 4.79 Å². The van der Waals surface area contributed by atoms with Crippen molar-refractivity contribution in [1.82, 2.24) is 0 Å². The van der Waals surface area contributed by atoms with Gasteiger partial charge in [-0.05, 0) is 29.5 Å². The van der Waals surface area contributed by atoms with Gasteiger partial charge in [-0.2, -0.15) is 0 Å². The van der Waals surface area contributed by atoms with Gasteiger partial charge in [0, 0.05) is 11.3 Å². The van der Waals surface area contributed by atoms with Gasteiger partial charge in [-0.1, -0.05) is 40.2 Å². The van der Waals surface area contributed by atoms with Gasteiger partial charge in [0.25, 0.3) is 6.47 Å². The lowest BCUT2D eigenvalue weighted by molar-refractivity contribution is -0.120. The zero-order valence-electron chi connectivity index (χ0n) is 11.5. The third-order valence-corrected chi connectivity index (χ3v) is 2.85. The van der Waals surface area contributed by atoms with E-state index in [0.717, 1.165) is 17.5 Å². The second-order valence-corrected chi connectivity index (χ2v) is 5.40. The first kappa shape index (κ1) is 14.4. The molecule has 0 unspecified atom stereocenters. The van der Waals surface area contributed by atoms with Crippen LogP contribution in [0.2, 0.25) is 0 Å². The Morgan fingerprint density at radius 2 is 2.06 bits per heavy atom. The average molecular weight is 247 g/mol. The molecule has 0 saturated heterocycles. The summed E-state index contributed by atoms with van der Waals surface area (Å²) in [6.07, 6.45) is 1.59. The van der Waals surface area contributed by atoms with Crippen molar-refractivity contribution < 1.29 is 9.53 Å². The van der Waals surface area contributed by atoms with E-state index in [1.165, 1.54) is 0 Å². The van der Waals surface area contributed by atoms with Crippen molar-refractivity contribution in [2.75, 3.05) is 0 Å². The Kier molecular flexibility index (Phi) is 4.65. The second-order valence-electron chi connectivity index (χ2n) is 5.40. The van der Waals surface area contributed by atoms with Crippen LogP contribution in [-0.4, -0.2) is 12.2 Å². The molecule has 0 aliphatic heterocycles. The van der Waals surface area contributed by atoms with Gasteiger partial charge in [0.05, 0.1) is 0 Å². The Bertz CT molecular complexity index is 444. The number of hydrogen-bond acceptors (Lipinski definition) is 3. The summed E-state index contributed by atoms with van der Waals surface area (Å²) >= 11 is 0. The monoisotopic (exact) mass is 247 g/mol. The maximum Gasteiger partial charge on any atom is 0.298 e. The van der Waals surface area contributed by atoms with Crippen molar-refractivity contribution in [3.8, 4) is 5.75 Å². The van der Waals surface area contributed by atoms with Gasteiger partial charge < -0.3 is 10.1 Å². The normalized spacial score (nSPS) is 11.1. The smallest absolute Gasteiger partial charge is 0.298 e. The van der Waals surface area contributed by atoms with Crippen LogP contribution in [-0.2, 0) is 10.2 Å². The molecular weight excluding hydrogens is 226 g/mol. The Morgan fingerprint density at radius 1 is 1.39 bits per heavy atom. The topological polar surface area (TPSA) is 50.1 Å². The van der Waals surface area contributed by atoms with Crippen LogP contribution in [0.4, 0.5) is 0 Å². The van der Waals surface area contributed by atoms with E-state index in [0.29, 0.717) is 24.4 Å². The van der Waals surface area contributed by atoms with Crippen LogP contribution < -0.4 is 4.74 Å². The molecule has 1 rings (SSSR count). The number of nitrogens with one attached hydrogen (secondary N) is 1. The SMILES string of the molecule is CCCC(=N)c1cc(C(C)(C)C)ccc1OC=O. The Labute approximate surface area is 109 Å². The van der Waals surface area contributed by atoms with E-state index in [-0.39, 0.29) is 5.41 Å². The molecule has 0 heterocycles. The lowest BCUT2D eigenvalue weighted by Gasteiger charge is -2.21.